The highest BCUT2D eigenvalue weighted by Gasteiger charge is 2.28. The number of nitrogens with zero attached hydrogens (tertiary/aromatic N) is 2. The number of halogens is 3. The number of ether oxygens (including phenoxy) is 1. The van der Waals surface area contributed by atoms with Crippen LogP contribution in [0.25, 0.3) is 0 Å². The smallest absolute Gasteiger partial charge is 0.410 e. The summed E-state index contributed by atoms with van der Waals surface area (Å²) in [7, 11) is 0. The van der Waals surface area contributed by atoms with E-state index in [0.717, 1.165) is 6.07 Å². The van der Waals surface area contributed by atoms with Gasteiger partial charge in [-0.25, -0.2) is 18.0 Å². The lowest BCUT2D eigenvalue weighted by Crippen LogP contribution is -2.52. The molecule has 2 N–H and O–H groups in total. The first-order valence-corrected chi connectivity index (χ1v) is 9.11. The number of amides is 2. The number of piperazine rings is 1. The van der Waals surface area contributed by atoms with Crippen molar-refractivity contribution in [3.05, 3.63) is 35.1 Å². The molecule has 1 heterocycles. The molecule has 2 amide bonds. The quantitative estimate of drug-likeness (QED) is 0.787. The van der Waals surface area contributed by atoms with E-state index in [2.05, 4.69) is 0 Å². The van der Waals surface area contributed by atoms with E-state index >= 15 is 0 Å². The van der Waals surface area contributed by atoms with Gasteiger partial charge in [0.15, 0.2) is 11.6 Å². The minimum Gasteiger partial charge on any atom is -0.444 e. The van der Waals surface area contributed by atoms with Gasteiger partial charge >= 0.3 is 6.09 Å². The Kier molecular flexibility index (Phi) is 6.92. The molecule has 1 fully saturated rings. The van der Waals surface area contributed by atoms with E-state index in [4.69, 9.17) is 10.5 Å². The fraction of sp³-hybridized carbons (Fsp3) is 0.579. The lowest BCUT2D eigenvalue weighted by molar-refractivity contribution is -0.133. The molecule has 0 aromatic heterocycles. The maximum absolute atomic E-state index is 13.7. The summed E-state index contributed by atoms with van der Waals surface area (Å²) in [6.45, 7) is 6.70. The van der Waals surface area contributed by atoms with Gasteiger partial charge in [0.05, 0.1) is 0 Å². The number of rotatable bonds is 4. The van der Waals surface area contributed by atoms with Gasteiger partial charge in [-0.05, 0) is 38.8 Å². The summed E-state index contributed by atoms with van der Waals surface area (Å²) < 4.78 is 45.3. The predicted molar refractivity (Wildman–Crippen MR) is 97.0 cm³/mol. The molecule has 2 rings (SSSR count). The van der Waals surface area contributed by atoms with Crippen molar-refractivity contribution < 1.29 is 27.5 Å². The molecule has 1 aliphatic rings. The van der Waals surface area contributed by atoms with Crippen LogP contribution in [0.2, 0.25) is 0 Å². The third kappa shape index (κ3) is 6.12. The molecule has 0 saturated carbocycles. The number of carbonyl (C=O) groups is 2. The summed E-state index contributed by atoms with van der Waals surface area (Å²) in [5, 5.41) is 0. The van der Waals surface area contributed by atoms with E-state index < -0.39 is 35.2 Å². The van der Waals surface area contributed by atoms with Gasteiger partial charge in [0, 0.05) is 44.7 Å². The van der Waals surface area contributed by atoms with Crippen LogP contribution in [0.5, 0.6) is 0 Å². The summed E-state index contributed by atoms with van der Waals surface area (Å²) in [6.07, 6.45) is -0.581. The lowest BCUT2D eigenvalue weighted by atomic mass is 10.0. The minimum atomic E-state index is -1.27. The van der Waals surface area contributed by atoms with E-state index in [9.17, 15) is 22.8 Å². The van der Waals surface area contributed by atoms with Crippen LogP contribution in [0.3, 0.4) is 0 Å². The molecule has 6 nitrogen and oxygen atoms in total. The van der Waals surface area contributed by atoms with Crippen molar-refractivity contribution in [2.45, 2.75) is 45.3 Å². The van der Waals surface area contributed by atoms with Crippen molar-refractivity contribution in [3.63, 3.8) is 0 Å². The van der Waals surface area contributed by atoms with Gasteiger partial charge in [-0.3, -0.25) is 4.79 Å². The van der Waals surface area contributed by atoms with E-state index in [1.54, 1.807) is 25.7 Å². The number of hydrogen-bond acceptors (Lipinski definition) is 4. The van der Waals surface area contributed by atoms with Gasteiger partial charge in [-0.1, -0.05) is 0 Å². The van der Waals surface area contributed by atoms with Crippen molar-refractivity contribution in [2.75, 3.05) is 26.2 Å². The summed E-state index contributed by atoms with van der Waals surface area (Å²) in [6, 6.07) is 0.486. The number of hydrogen-bond donors (Lipinski definition) is 1. The zero-order valence-electron chi connectivity index (χ0n) is 16.3. The molecule has 0 bridgehead atoms. The number of benzene rings is 1. The minimum absolute atomic E-state index is 0.0646. The SMILES string of the molecule is CC(C)(C)OC(=O)N1CCN(C(=O)C[C@H](N)Cc2cc(F)c(F)cc2F)CC1. The highest BCUT2D eigenvalue weighted by atomic mass is 19.2. The van der Waals surface area contributed by atoms with Gasteiger partial charge in [0.25, 0.3) is 0 Å². The Morgan fingerprint density at radius 3 is 2.14 bits per heavy atom. The molecular weight excluding hydrogens is 375 g/mol. The number of nitrogens with two attached hydrogens (primary N) is 1. The molecule has 1 saturated heterocycles. The zero-order chi connectivity index (χ0) is 21.1. The van der Waals surface area contributed by atoms with Gasteiger partial charge in [-0.2, -0.15) is 0 Å². The summed E-state index contributed by atoms with van der Waals surface area (Å²) >= 11 is 0. The second-order valence-electron chi connectivity index (χ2n) is 7.87. The van der Waals surface area contributed by atoms with Crippen LogP contribution in [-0.4, -0.2) is 59.6 Å². The molecule has 0 unspecified atom stereocenters. The van der Waals surface area contributed by atoms with Crippen LogP contribution in [-0.2, 0) is 16.0 Å². The van der Waals surface area contributed by atoms with Crippen molar-refractivity contribution >= 4 is 12.0 Å². The fourth-order valence-corrected chi connectivity index (χ4v) is 2.89. The standard InChI is InChI=1S/C19H26F3N3O3/c1-19(2,3)28-18(27)25-6-4-24(5-7-25)17(26)10-13(23)8-12-9-15(21)16(22)11-14(12)20/h9,11,13H,4-8,10,23H2,1-3H3/t13-/m1/s1. The maximum Gasteiger partial charge on any atom is 0.410 e. The van der Waals surface area contributed by atoms with Crippen LogP contribution in [0.4, 0.5) is 18.0 Å². The van der Waals surface area contributed by atoms with Crippen LogP contribution in [0.15, 0.2) is 12.1 Å². The van der Waals surface area contributed by atoms with Gasteiger partial charge < -0.3 is 20.3 Å². The second kappa shape index (κ2) is 8.81. The molecule has 0 aliphatic carbocycles. The van der Waals surface area contributed by atoms with Gasteiger partial charge in [0.2, 0.25) is 5.91 Å². The van der Waals surface area contributed by atoms with Crippen LogP contribution in [0, 0.1) is 17.5 Å². The van der Waals surface area contributed by atoms with Gasteiger partial charge in [-0.15, -0.1) is 0 Å². The Balaban J connectivity index is 1.84. The average molecular weight is 401 g/mol. The predicted octanol–water partition coefficient (Wildman–Crippen LogP) is 2.44. The lowest BCUT2D eigenvalue weighted by Gasteiger charge is -2.36. The summed E-state index contributed by atoms with van der Waals surface area (Å²) in [5.74, 6) is -3.56. The van der Waals surface area contributed by atoms with Crippen LogP contribution < -0.4 is 5.73 Å². The highest BCUT2D eigenvalue weighted by molar-refractivity contribution is 5.77. The Labute approximate surface area is 162 Å². The Hall–Kier alpha value is -2.29. The fourth-order valence-electron chi connectivity index (χ4n) is 2.89. The molecule has 28 heavy (non-hydrogen) atoms. The Morgan fingerprint density at radius 2 is 1.57 bits per heavy atom. The molecule has 1 aromatic rings. The largest absolute Gasteiger partial charge is 0.444 e. The molecule has 1 aliphatic heterocycles. The van der Waals surface area contributed by atoms with Crippen molar-refractivity contribution in [3.8, 4) is 0 Å². The molecule has 1 aromatic carbocycles. The maximum atomic E-state index is 13.7. The third-order valence-corrected chi connectivity index (χ3v) is 4.29. The molecule has 9 heteroatoms. The van der Waals surface area contributed by atoms with Crippen LogP contribution >= 0.6 is 0 Å². The molecule has 0 radical (unpaired) electrons. The first-order valence-electron chi connectivity index (χ1n) is 9.11. The molecule has 1 atom stereocenters. The third-order valence-electron chi connectivity index (χ3n) is 4.29. The highest BCUT2D eigenvalue weighted by Crippen LogP contribution is 2.17. The van der Waals surface area contributed by atoms with Crippen molar-refractivity contribution in [2.24, 2.45) is 5.73 Å². The van der Waals surface area contributed by atoms with E-state index in [-0.39, 0.29) is 24.3 Å². The topological polar surface area (TPSA) is 75.9 Å². The molecule has 156 valence electrons. The number of carbonyl (C=O) groups excluding carboxylic acids is 2. The normalized spacial score (nSPS) is 16.1. The summed E-state index contributed by atoms with van der Waals surface area (Å²) in [5.41, 5.74) is 5.23. The van der Waals surface area contributed by atoms with Crippen molar-refractivity contribution in [1.82, 2.24) is 9.80 Å². The van der Waals surface area contributed by atoms with E-state index in [1.807, 2.05) is 0 Å². The molecular formula is C19H26F3N3O3. The molecule has 0 spiro atoms. The van der Waals surface area contributed by atoms with E-state index in [0.29, 0.717) is 32.2 Å². The Morgan fingerprint density at radius 1 is 1.04 bits per heavy atom. The first kappa shape index (κ1) is 22.0. The van der Waals surface area contributed by atoms with Gasteiger partial charge in [0.1, 0.15) is 11.4 Å². The zero-order valence-corrected chi connectivity index (χ0v) is 16.3. The monoisotopic (exact) mass is 401 g/mol. The summed E-state index contributed by atoms with van der Waals surface area (Å²) in [4.78, 5) is 27.5. The van der Waals surface area contributed by atoms with Crippen molar-refractivity contribution in [1.29, 1.82) is 0 Å². The van der Waals surface area contributed by atoms with E-state index in [1.165, 1.54) is 4.90 Å². The Bertz CT molecular complexity index is 729. The second-order valence-corrected chi connectivity index (χ2v) is 7.87. The average Bonchev–Trinajstić information content (AvgIpc) is 2.58. The van der Waals surface area contributed by atoms with Crippen LogP contribution in [0.1, 0.15) is 32.8 Å². The first-order chi connectivity index (χ1) is 13.0.